The van der Waals surface area contributed by atoms with Crippen LogP contribution in [-0.2, 0) is 6.54 Å². The molecular weight excluding hydrogens is 376 g/mol. The normalized spacial score (nSPS) is 11.0. The van der Waals surface area contributed by atoms with Gasteiger partial charge in [-0.3, -0.25) is 0 Å². The van der Waals surface area contributed by atoms with Crippen molar-refractivity contribution in [3.8, 4) is 5.75 Å². The molecular formula is C18H24F2N3OS2+. The van der Waals surface area contributed by atoms with Crippen LogP contribution >= 0.6 is 23.6 Å². The molecule has 2 aromatic rings. The molecule has 2 N–H and O–H groups in total. The van der Waals surface area contributed by atoms with E-state index in [-0.39, 0.29) is 5.75 Å². The Balaban J connectivity index is 1.97. The molecule has 0 radical (unpaired) electrons. The van der Waals surface area contributed by atoms with E-state index in [9.17, 15) is 8.78 Å². The smallest absolute Gasteiger partial charge is 0.387 e. The topological polar surface area (TPSA) is 28.9 Å². The van der Waals surface area contributed by atoms with Gasteiger partial charge < -0.3 is 19.9 Å². The fourth-order valence-corrected chi connectivity index (χ4v) is 3.38. The molecule has 0 fully saturated rings. The third-order valence-corrected chi connectivity index (χ3v) is 4.87. The van der Waals surface area contributed by atoms with Gasteiger partial charge in [0.25, 0.3) is 0 Å². The van der Waals surface area contributed by atoms with Gasteiger partial charge in [0.15, 0.2) is 5.11 Å². The first-order valence-corrected chi connectivity index (χ1v) is 9.65. The van der Waals surface area contributed by atoms with Crippen molar-refractivity contribution in [3.05, 3.63) is 46.7 Å². The fourth-order valence-electron chi connectivity index (χ4n) is 2.39. The van der Waals surface area contributed by atoms with E-state index in [1.54, 1.807) is 23.5 Å². The zero-order valence-electron chi connectivity index (χ0n) is 14.9. The number of nitrogens with one attached hydrogen (secondary N) is 2. The molecule has 0 atom stereocenters. The summed E-state index contributed by atoms with van der Waals surface area (Å²) < 4.78 is 28.8. The van der Waals surface area contributed by atoms with Crippen LogP contribution in [0.1, 0.15) is 11.3 Å². The number of thiocarbonyl (C=S) groups is 1. The van der Waals surface area contributed by atoms with Gasteiger partial charge in [0.2, 0.25) is 0 Å². The van der Waals surface area contributed by atoms with Gasteiger partial charge in [-0.25, -0.2) is 0 Å². The number of quaternary nitrogens is 1. The lowest BCUT2D eigenvalue weighted by Gasteiger charge is -2.25. The molecule has 2 rings (SSSR count). The first kappa shape index (κ1) is 20.5. The molecule has 0 saturated carbocycles. The highest BCUT2D eigenvalue weighted by molar-refractivity contribution is 7.80. The van der Waals surface area contributed by atoms with Crippen molar-refractivity contribution in [1.29, 1.82) is 0 Å². The number of hydrogen-bond donors (Lipinski definition) is 2. The molecule has 0 aliphatic carbocycles. The summed E-state index contributed by atoms with van der Waals surface area (Å²) in [6, 6.07) is 10.5. The van der Waals surface area contributed by atoms with E-state index in [1.165, 1.54) is 21.9 Å². The van der Waals surface area contributed by atoms with Crippen LogP contribution in [-0.4, -0.2) is 43.8 Å². The SMILES string of the molecule is C[NH+](C)CCCN(Cc1cccs1)C(=S)Nc1ccc(OC(F)F)cc1. The lowest BCUT2D eigenvalue weighted by atomic mass is 10.3. The van der Waals surface area contributed by atoms with Gasteiger partial charge in [0, 0.05) is 23.5 Å². The Bertz CT molecular complexity index is 664. The maximum Gasteiger partial charge on any atom is 0.387 e. The van der Waals surface area contributed by atoms with Crippen LogP contribution in [0.5, 0.6) is 5.75 Å². The Hall–Kier alpha value is -1.77. The summed E-state index contributed by atoms with van der Waals surface area (Å²) in [6.07, 6.45) is 1.02. The molecule has 0 aliphatic heterocycles. The van der Waals surface area contributed by atoms with E-state index >= 15 is 0 Å². The third kappa shape index (κ3) is 7.23. The van der Waals surface area contributed by atoms with Gasteiger partial charge in [-0.2, -0.15) is 8.78 Å². The summed E-state index contributed by atoms with van der Waals surface area (Å²) in [5, 5.41) is 5.86. The molecule has 26 heavy (non-hydrogen) atoms. The number of nitrogens with zero attached hydrogens (tertiary/aromatic N) is 1. The van der Waals surface area contributed by atoms with Crippen LogP contribution in [0, 0.1) is 0 Å². The standard InChI is InChI=1S/C18H23F2N3OS2/c1-22(2)10-4-11-23(13-16-5-3-12-26-16)18(25)21-14-6-8-15(9-7-14)24-17(19)20/h3,5-9,12,17H,4,10-11,13H2,1-2H3,(H,21,25)/p+1. The molecule has 142 valence electrons. The molecule has 0 aliphatic rings. The van der Waals surface area contributed by atoms with Gasteiger partial charge in [0.05, 0.1) is 27.2 Å². The van der Waals surface area contributed by atoms with Crippen molar-refractivity contribution in [3.63, 3.8) is 0 Å². The van der Waals surface area contributed by atoms with E-state index < -0.39 is 6.61 Å². The molecule has 0 saturated heterocycles. The number of alkyl halides is 2. The Morgan fingerprint density at radius 2 is 2.00 bits per heavy atom. The molecule has 0 amide bonds. The minimum atomic E-state index is -2.82. The Morgan fingerprint density at radius 3 is 2.58 bits per heavy atom. The largest absolute Gasteiger partial charge is 0.435 e. The van der Waals surface area contributed by atoms with Gasteiger partial charge in [-0.1, -0.05) is 6.07 Å². The zero-order chi connectivity index (χ0) is 18.9. The minimum Gasteiger partial charge on any atom is -0.435 e. The number of halogens is 2. The number of thiophene rings is 1. The summed E-state index contributed by atoms with van der Waals surface area (Å²) in [5.74, 6) is 0.126. The van der Waals surface area contributed by atoms with Gasteiger partial charge in [0.1, 0.15) is 5.75 Å². The second kappa shape index (κ2) is 10.4. The van der Waals surface area contributed by atoms with Crippen LogP contribution in [0.25, 0.3) is 0 Å². The second-order valence-corrected chi connectivity index (χ2v) is 7.56. The van der Waals surface area contributed by atoms with E-state index in [0.29, 0.717) is 5.11 Å². The van der Waals surface area contributed by atoms with Crippen molar-refractivity contribution in [1.82, 2.24) is 4.90 Å². The first-order valence-electron chi connectivity index (χ1n) is 8.36. The summed E-state index contributed by atoms with van der Waals surface area (Å²) in [4.78, 5) is 4.77. The maximum atomic E-state index is 12.2. The van der Waals surface area contributed by atoms with Crippen molar-refractivity contribution < 1.29 is 18.4 Å². The van der Waals surface area contributed by atoms with E-state index in [1.807, 2.05) is 6.07 Å². The van der Waals surface area contributed by atoms with Gasteiger partial charge in [-0.05, 0) is 47.9 Å². The third-order valence-electron chi connectivity index (χ3n) is 3.65. The van der Waals surface area contributed by atoms with Crippen LogP contribution in [0.4, 0.5) is 14.5 Å². The van der Waals surface area contributed by atoms with Crippen LogP contribution < -0.4 is 15.0 Å². The number of ether oxygens (including phenoxy) is 1. The summed E-state index contributed by atoms with van der Waals surface area (Å²) >= 11 is 7.27. The maximum absolute atomic E-state index is 12.2. The molecule has 1 heterocycles. The second-order valence-electron chi connectivity index (χ2n) is 6.14. The summed E-state index contributed by atoms with van der Waals surface area (Å²) in [7, 11) is 4.26. The Morgan fingerprint density at radius 1 is 1.27 bits per heavy atom. The Kier molecular flexibility index (Phi) is 8.21. The number of anilines is 1. The number of hydrogen-bond acceptors (Lipinski definition) is 3. The molecule has 1 aromatic heterocycles. The van der Waals surface area contributed by atoms with Crippen LogP contribution in [0.3, 0.4) is 0 Å². The Labute approximate surface area is 162 Å². The van der Waals surface area contributed by atoms with Crippen LogP contribution in [0.2, 0.25) is 0 Å². The van der Waals surface area contributed by atoms with E-state index in [0.717, 1.165) is 31.7 Å². The van der Waals surface area contributed by atoms with Crippen molar-refractivity contribution >= 4 is 34.4 Å². The first-order chi connectivity index (χ1) is 12.4. The molecule has 0 spiro atoms. The highest BCUT2D eigenvalue weighted by atomic mass is 32.1. The quantitative estimate of drug-likeness (QED) is 0.633. The number of rotatable bonds is 9. The van der Waals surface area contributed by atoms with Crippen molar-refractivity contribution in [2.45, 2.75) is 19.6 Å². The molecule has 0 bridgehead atoms. The van der Waals surface area contributed by atoms with Crippen molar-refractivity contribution in [2.75, 3.05) is 32.5 Å². The molecule has 8 heteroatoms. The summed E-state index contributed by atoms with van der Waals surface area (Å²) in [5.41, 5.74) is 0.742. The average molecular weight is 401 g/mol. The van der Waals surface area contributed by atoms with Gasteiger partial charge in [-0.15, -0.1) is 11.3 Å². The molecule has 4 nitrogen and oxygen atoms in total. The van der Waals surface area contributed by atoms with E-state index in [2.05, 4.69) is 40.5 Å². The van der Waals surface area contributed by atoms with Gasteiger partial charge >= 0.3 is 6.61 Å². The lowest BCUT2D eigenvalue weighted by Crippen LogP contribution is -3.05. The zero-order valence-corrected chi connectivity index (χ0v) is 16.5. The van der Waals surface area contributed by atoms with Crippen molar-refractivity contribution in [2.24, 2.45) is 0 Å². The average Bonchev–Trinajstić information content (AvgIpc) is 3.08. The highest BCUT2D eigenvalue weighted by Crippen LogP contribution is 2.19. The predicted octanol–water partition coefficient (Wildman–Crippen LogP) is 3.08. The monoisotopic (exact) mass is 400 g/mol. The van der Waals surface area contributed by atoms with E-state index in [4.69, 9.17) is 12.2 Å². The fraction of sp³-hybridized carbons (Fsp3) is 0.389. The lowest BCUT2D eigenvalue weighted by molar-refractivity contribution is -0.858. The molecule has 1 aromatic carbocycles. The minimum absolute atomic E-state index is 0.126. The predicted molar refractivity (Wildman–Crippen MR) is 106 cm³/mol. The van der Waals surface area contributed by atoms with Crippen LogP contribution in [0.15, 0.2) is 41.8 Å². The molecule has 0 unspecified atom stereocenters. The summed E-state index contributed by atoms with van der Waals surface area (Å²) in [6.45, 7) is -0.168. The highest BCUT2D eigenvalue weighted by Gasteiger charge is 2.12. The number of benzene rings is 1.